The Morgan fingerprint density at radius 2 is 2.44 bits per heavy atom. The van der Waals surface area contributed by atoms with E-state index in [2.05, 4.69) is 9.88 Å². The van der Waals surface area contributed by atoms with E-state index in [0.29, 0.717) is 5.92 Å². The minimum Gasteiger partial charge on any atom is -0.464 e. The van der Waals surface area contributed by atoms with Crippen molar-refractivity contribution in [1.82, 2.24) is 4.98 Å². The van der Waals surface area contributed by atoms with E-state index in [0.717, 1.165) is 42.2 Å². The van der Waals surface area contributed by atoms with Crippen LogP contribution in [0, 0.1) is 5.92 Å². The fraction of sp³-hybridized carbons (Fsp3) is 0.417. The van der Waals surface area contributed by atoms with Crippen LogP contribution >= 0.6 is 11.6 Å². The fourth-order valence-electron chi connectivity index (χ4n) is 2.28. The van der Waals surface area contributed by atoms with Crippen LogP contribution in [0.15, 0.2) is 29.0 Å². The Kier molecular flexibility index (Phi) is 2.48. The van der Waals surface area contributed by atoms with Gasteiger partial charge in [-0.25, -0.2) is 4.98 Å². The summed E-state index contributed by atoms with van der Waals surface area (Å²) in [7, 11) is 0. The summed E-state index contributed by atoms with van der Waals surface area (Å²) in [6, 6.07) is 3.87. The number of fused-ring (bicyclic) bond motifs is 1. The molecule has 0 spiro atoms. The SMILES string of the molecule is ClCC1CCN(c2nccc3occc23)C1. The van der Waals surface area contributed by atoms with Gasteiger partial charge in [0.15, 0.2) is 0 Å². The van der Waals surface area contributed by atoms with Gasteiger partial charge in [-0.1, -0.05) is 0 Å². The highest BCUT2D eigenvalue weighted by Crippen LogP contribution is 2.29. The first-order valence-electron chi connectivity index (χ1n) is 5.51. The van der Waals surface area contributed by atoms with Crippen LogP contribution < -0.4 is 4.90 Å². The zero-order chi connectivity index (χ0) is 11.0. The second kappa shape index (κ2) is 3.98. The van der Waals surface area contributed by atoms with E-state index in [9.17, 15) is 0 Å². The van der Waals surface area contributed by atoms with Crippen LogP contribution in [0.1, 0.15) is 6.42 Å². The number of furan rings is 1. The molecule has 0 aromatic carbocycles. The number of aromatic nitrogens is 1. The molecule has 1 aliphatic rings. The Labute approximate surface area is 99.0 Å². The lowest BCUT2D eigenvalue weighted by Gasteiger charge is -2.17. The Hall–Kier alpha value is -1.22. The molecule has 0 bridgehead atoms. The standard InChI is InChI=1S/C12H13ClN2O/c13-7-9-2-5-15(8-9)12-10-3-6-16-11(10)1-4-14-12/h1,3-4,6,9H,2,5,7-8H2. The number of pyridine rings is 1. The molecule has 0 aliphatic carbocycles. The first-order chi connectivity index (χ1) is 7.88. The number of rotatable bonds is 2. The largest absolute Gasteiger partial charge is 0.464 e. The normalized spacial score (nSPS) is 20.8. The van der Waals surface area contributed by atoms with Crippen molar-refractivity contribution < 1.29 is 4.42 Å². The second-order valence-corrected chi connectivity index (χ2v) is 4.53. The Balaban J connectivity index is 1.97. The quantitative estimate of drug-likeness (QED) is 0.751. The van der Waals surface area contributed by atoms with Gasteiger partial charge in [-0.05, 0) is 24.5 Å². The summed E-state index contributed by atoms with van der Waals surface area (Å²) < 4.78 is 5.38. The van der Waals surface area contributed by atoms with Gasteiger partial charge in [-0.2, -0.15) is 0 Å². The predicted molar refractivity (Wildman–Crippen MR) is 65.0 cm³/mol. The molecule has 0 N–H and O–H groups in total. The molecule has 3 rings (SSSR count). The molecule has 0 saturated carbocycles. The van der Waals surface area contributed by atoms with E-state index in [-0.39, 0.29) is 0 Å². The van der Waals surface area contributed by atoms with Crippen molar-refractivity contribution in [3.8, 4) is 0 Å². The molecule has 1 unspecified atom stereocenters. The highest BCUT2D eigenvalue weighted by Gasteiger charge is 2.24. The molecule has 4 heteroatoms. The molecule has 1 aliphatic heterocycles. The minimum atomic E-state index is 0.589. The van der Waals surface area contributed by atoms with Crippen LogP contribution in [0.4, 0.5) is 5.82 Å². The van der Waals surface area contributed by atoms with Crippen LogP contribution in [-0.4, -0.2) is 24.0 Å². The van der Waals surface area contributed by atoms with Crippen molar-refractivity contribution in [3.63, 3.8) is 0 Å². The summed E-state index contributed by atoms with van der Waals surface area (Å²) in [5, 5.41) is 1.10. The third kappa shape index (κ3) is 1.55. The molecule has 1 saturated heterocycles. The Bertz CT molecular complexity index is 496. The summed E-state index contributed by atoms with van der Waals surface area (Å²) in [5.41, 5.74) is 0.902. The summed E-state index contributed by atoms with van der Waals surface area (Å²) >= 11 is 5.89. The van der Waals surface area contributed by atoms with Gasteiger partial charge >= 0.3 is 0 Å². The molecule has 0 amide bonds. The van der Waals surface area contributed by atoms with Crippen molar-refractivity contribution in [2.24, 2.45) is 5.92 Å². The average Bonchev–Trinajstić information content (AvgIpc) is 2.97. The maximum absolute atomic E-state index is 5.89. The lowest BCUT2D eigenvalue weighted by Crippen LogP contribution is -2.21. The monoisotopic (exact) mass is 236 g/mol. The molecule has 3 heterocycles. The molecular weight excluding hydrogens is 224 g/mol. The first kappa shape index (κ1) is 9.97. The lowest BCUT2D eigenvalue weighted by atomic mass is 10.2. The summed E-state index contributed by atoms with van der Waals surface area (Å²) in [6.07, 6.45) is 4.67. The van der Waals surface area contributed by atoms with Gasteiger partial charge in [0.25, 0.3) is 0 Å². The summed E-state index contributed by atoms with van der Waals surface area (Å²) in [4.78, 5) is 6.75. The minimum absolute atomic E-state index is 0.589. The average molecular weight is 237 g/mol. The molecule has 16 heavy (non-hydrogen) atoms. The van der Waals surface area contributed by atoms with E-state index in [1.165, 1.54) is 0 Å². The van der Waals surface area contributed by atoms with Gasteiger partial charge in [-0.3, -0.25) is 0 Å². The van der Waals surface area contributed by atoms with Crippen LogP contribution in [0.25, 0.3) is 11.0 Å². The highest BCUT2D eigenvalue weighted by molar-refractivity contribution is 6.18. The van der Waals surface area contributed by atoms with Gasteiger partial charge in [0.05, 0.1) is 11.6 Å². The number of anilines is 1. The van der Waals surface area contributed by atoms with E-state index >= 15 is 0 Å². The maximum Gasteiger partial charge on any atom is 0.139 e. The first-order valence-corrected chi connectivity index (χ1v) is 6.05. The molecule has 1 fully saturated rings. The van der Waals surface area contributed by atoms with E-state index in [1.54, 1.807) is 12.5 Å². The molecule has 2 aromatic heterocycles. The summed E-state index contributed by atoms with van der Waals surface area (Å²) in [5.74, 6) is 2.35. The molecular formula is C12H13ClN2O. The zero-order valence-electron chi connectivity index (χ0n) is 8.90. The number of hydrogen-bond acceptors (Lipinski definition) is 3. The van der Waals surface area contributed by atoms with E-state index < -0.39 is 0 Å². The zero-order valence-corrected chi connectivity index (χ0v) is 9.65. The molecule has 0 radical (unpaired) electrons. The second-order valence-electron chi connectivity index (χ2n) is 4.22. The van der Waals surface area contributed by atoms with Crippen molar-refractivity contribution in [2.45, 2.75) is 6.42 Å². The number of hydrogen-bond donors (Lipinski definition) is 0. The smallest absolute Gasteiger partial charge is 0.139 e. The van der Waals surface area contributed by atoms with Gasteiger partial charge in [0.1, 0.15) is 11.4 Å². The van der Waals surface area contributed by atoms with Crippen molar-refractivity contribution >= 4 is 28.4 Å². The topological polar surface area (TPSA) is 29.3 Å². The van der Waals surface area contributed by atoms with Gasteiger partial charge < -0.3 is 9.32 Å². The van der Waals surface area contributed by atoms with Gasteiger partial charge in [-0.15, -0.1) is 11.6 Å². The Morgan fingerprint density at radius 1 is 1.50 bits per heavy atom. The third-order valence-electron chi connectivity index (χ3n) is 3.16. The van der Waals surface area contributed by atoms with E-state index in [1.807, 2.05) is 12.1 Å². The van der Waals surface area contributed by atoms with Crippen LogP contribution in [0.5, 0.6) is 0 Å². The number of alkyl halides is 1. The third-order valence-corrected chi connectivity index (χ3v) is 3.60. The molecule has 1 atom stereocenters. The van der Waals surface area contributed by atoms with Gasteiger partial charge in [0.2, 0.25) is 0 Å². The predicted octanol–water partition coefficient (Wildman–Crippen LogP) is 2.89. The number of nitrogens with zero attached hydrogens (tertiary/aromatic N) is 2. The van der Waals surface area contributed by atoms with E-state index in [4.69, 9.17) is 16.0 Å². The van der Waals surface area contributed by atoms with Crippen LogP contribution in [0.3, 0.4) is 0 Å². The van der Waals surface area contributed by atoms with Crippen molar-refractivity contribution in [3.05, 3.63) is 24.6 Å². The molecule has 84 valence electrons. The number of halogens is 1. The molecule has 2 aromatic rings. The fourth-order valence-corrected chi connectivity index (χ4v) is 2.53. The van der Waals surface area contributed by atoms with Crippen molar-refractivity contribution in [1.29, 1.82) is 0 Å². The lowest BCUT2D eigenvalue weighted by molar-refractivity contribution is 0.615. The highest BCUT2D eigenvalue weighted by atomic mass is 35.5. The summed E-state index contributed by atoms with van der Waals surface area (Å²) in [6.45, 7) is 2.04. The maximum atomic E-state index is 5.89. The van der Waals surface area contributed by atoms with Crippen LogP contribution in [-0.2, 0) is 0 Å². The Morgan fingerprint density at radius 3 is 3.25 bits per heavy atom. The van der Waals surface area contributed by atoms with Crippen LogP contribution in [0.2, 0.25) is 0 Å². The molecule has 3 nitrogen and oxygen atoms in total. The van der Waals surface area contributed by atoms with Gasteiger partial charge in [0, 0.05) is 25.2 Å². The van der Waals surface area contributed by atoms with Crippen molar-refractivity contribution in [2.75, 3.05) is 23.9 Å².